The van der Waals surface area contributed by atoms with Crippen molar-refractivity contribution in [3.63, 3.8) is 0 Å². The quantitative estimate of drug-likeness (QED) is 0.503. The van der Waals surface area contributed by atoms with E-state index in [-0.39, 0.29) is 13.2 Å². The maximum absolute atomic E-state index is 8.35. The van der Waals surface area contributed by atoms with Crippen LogP contribution in [0.1, 0.15) is 6.92 Å². The van der Waals surface area contributed by atoms with Gasteiger partial charge < -0.3 is 9.84 Å². The van der Waals surface area contributed by atoms with E-state index in [1.165, 1.54) is 6.08 Å². The Balaban J connectivity index is 3.79. The first kappa shape index (κ1) is 9.53. The molecule has 0 aliphatic heterocycles. The van der Waals surface area contributed by atoms with E-state index >= 15 is 0 Å². The summed E-state index contributed by atoms with van der Waals surface area (Å²) in [5, 5.41) is 8.83. The van der Waals surface area contributed by atoms with Crippen LogP contribution in [0.25, 0.3) is 0 Å². The summed E-state index contributed by atoms with van der Waals surface area (Å²) < 4.78 is 4.97. The van der Waals surface area contributed by atoms with E-state index in [0.29, 0.717) is 10.8 Å². The van der Waals surface area contributed by atoms with E-state index in [1.807, 2.05) is 0 Å². The van der Waals surface area contributed by atoms with Crippen molar-refractivity contribution in [1.29, 1.82) is 0 Å². The summed E-state index contributed by atoms with van der Waals surface area (Å²) in [7, 11) is 0. The Bertz CT molecular complexity index is 141. The van der Waals surface area contributed by atoms with Crippen LogP contribution in [0.15, 0.2) is 23.4 Å². The minimum absolute atomic E-state index is 0.00134. The zero-order valence-corrected chi connectivity index (χ0v) is 6.69. The van der Waals surface area contributed by atoms with Gasteiger partial charge in [0.2, 0.25) is 0 Å². The molecule has 0 aromatic rings. The molecule has 3 heteroatoms. The Morgan fingerprint density at radius 3 is 2.80 bits per heavy atom. The fourth-order valence-electron chi connectivity index (χ4n) is 0.411. The molecular formula is C7H11ClO2. The molecule has 0 saturated heterocycles. The second-order valence-corrected chi connectivity index (χ2v) is 2.09. The lowest BCUT2D eigenvalue weighted by molar-refractivity contribution is 0.145. The van der Waals surface area contributed by atoms with Crippen LogP contribution in [-0.4, -0.2) is 18.3 Å². The van der Waals surface area contributed by atoms with Crippen molar-refractivity contribution in [3.05, 3.63) is 23.4 Å². The van der Waals surface area contributed by atoms with E-state index in [1.54, 1.807) is 6.92 Å². The average molecular weight is 163 g/mol. The highest BCUT2D eigenvalue weighted by molar-refractivity contribution is 6.31. The molecule has 0 aromatic carbocycles. The minimum atomic E-state index is -0.00134. The van der Waals surface area contributed by atoms with Gasteiger partial charge in [0, 0.05) is 0 Å². The van der Waals surface area contributed by atoms with Crippen LogP contribution in [-0.2, 0) is 4.74 Å². The van der Waals surface area contributed by atoms with Crippen LogP contribution < -0.4 is 0 Å². The summed E-state index contributed by atoms with van der Waals surface area (Å²) in [4.78, 5) is 0. The van der Waals surface area contributed by atoms with Crippen LogP contribution >= 0.6 is 11.6 Å². The highest BCUT2D eigenvalue weighted by Crippen LogP contribution is 2.10. The fraction of sp³-hybridized carbons (Fsp3) is 0.429. The molecule has 0 unspecified atom stereocenters. The molecule has 0 aromatic heterocycles. The van der Waals surface area contributed by atoms with Crippen LogP contribution in [0.2, 0.25) is 0 Å². The molecule has 0 atom stereocenters. The molecule has 0 saturated carbocycles. The van der Waals surface area contributed by atoms with E-state index in [0.717, 1.165) is 0 Å². The Morgan fingerprint density at radius 2 is 2.40 bits per heavy atom. The van der Waals surface area contributed by atoms with Gasteiger partial charge in [0.1, 0.15) is 12.4 Å². The normalized spacial score (nSPS) is 12.3. The lowest BCUT2D eigenvalue weighted by atomic mass is 10.4. The standard InChI is InChI=1S/C7H11ClO2/c1-3-7(8)6(2)10-5-4-9/h3,9H,1,4-5H2,2H3/b7-6-. The maximum atomic E-state index is 8.35. The molecule has 1 N–H and O–H groups in total. The van der Waals surface area contributed by atoms with Gasteiger partial charge in [0.15, 0.2) is 0 Å². The number of allylic oxidation sites excluding steroid dienone is 3. The smallest absolute Gasteiger partial charge is 0.112 e. The van der Waals surface area contributed by atoms with Crippen LogP contribution in [0.3, 0.4) is 0 Å². The van der Waals surface area contributed by atoms with Gasteiger partial charge >= 0.3 is 0 Å². The highest BCUT2D eigenvalue weighted by Gasteiger charge is 1.93. The topological polar surface area (TPSA) is 29.5 Å². The first-order valence-electron chi connectivity index (χ1n) is 2.94. The Labute approximate surface area is 65.8 Å². The summed E-state index contributed by atoms with van der Waals surface area (Å²) in [6, 6.07) is 0. The third-order valence-corrected chi connectivity index (χ3v) is 1.35. The lowest BCUT2D eigenvalue weighted by Crippen LogP contribution is -1.97. The van der Waals surface area contributed by atoms with Crippen molar-refractivity contribution in [3.8, 4) is 0 Å². The highest BCUT2D eigenvalue weighted by atomic mass is 35.5. The number of aliphatic hydroxyl groups excluding tert-OH is 1. The van der Waals surface area contributed by atoms with Gasteiger partial charge in [-0.05, 0) is 13.0 Å². The van der Waals surface area contributed by atoms with Gasteiger partial charge in [-0.2, -0.15) is 0 Å². The molecule has 0 rings (SSSR count). The monoisotopic (exact) mass is 162 g/mol. The van der Waals surface area contributed by atoms with Crippen molar-refractivity contribution < 1.29 is 9.84 Å². The number of rotatable bonds is 4. The van der Waals surface area contributed by atoms with Gasteiger partial charge in [0.25, 0.3) is 0 Å². The number of halogens is 1. The molecule has 0 radical (unpaired) electrons. The first-order valence-corrected chi connectivity index (χ1v) is 3.32. The molecule has 0 bridgehead atoms. The third-order valence-electron chi connectivity index (χ3n) is 0.925. The molecule has 2 nitrogen and oxygen atoms in total. The Kier molecular flexibility index (Phi) is 5.08. The Morgan fingerprint density at radius 1 is 1.80 bits per heavy atom. The zero-order chi connectivity index (χ0) is 7.98. The van der Waals surface area contributed by atoms with Gasteiger partial charge in [0.05, 0.1) is 11.6 Å². The van der Waals surface area contributed by atoms with E-state index in [9.17, 15) is 0 Å². The molecule has 0 aliphatic carbocycles. The van der Waals surface area contributed by atoms with Crippen molar-refractivity contribution in [2.75, 3.05) is 13.2 Å². The molecule has 0 aliphatic rings. The van der Waals surface area contributed by atoms with Crippen molar-refractivity contribution in [2.45, 2.75) is 6.92 Å². The van der Waals surface area contributed by atoms with Gasteiger partial charge in [-0.15, -0.1) is 0 Å². The van der Waals surface area contributed by atoms with Crippen LogP contribution in [0, 0.1) is 0 Å². The lowest BCUT2D eigenvalue weighted by Gasteiger charge is -2.03. The molecule has 0 heterocycles. The van der Waals surface area contributed by atoms with E-state index < -0.39 is 0 Å². The number of aliphatic hydroxyl groups is 1. The first-order chi connectivity index (χ1) is 4.72. The SMILES string of the molecule is C=C/C(Cl)=C(\C)OCCO. The predicted molar refractivity (Wildman–Crippen MR) is 41.8 cm³/mol. The Hall–Kier alpha value is -0.470. The maximum Gasteiger partial charge on any atom is 0.112 e. The molecule has 10 heavy (non-hydrogen) atoms. The molecule has 0 amide bonds. The van der Waals surface area contributed by atoms with Crippen LogP contribution in [0.5, 0.6) is 0 Å². The van der Waals surface area contributed by atoms with Gasteiger partial charge in [-0.3, -0.25) is 0 Å². The van der Waals surface area contributed by atoms with Crippen LogP contribution in [0.4, 0.5) is 0 Å². The summed E-state index contributed by atoms with van der Waals surface area (Å²) in [6.45, 7) is 5.45. The van der Waals surface area contributed by atoms with Crippen molar-refractivity contribution >= 4 is 11.6 Å². The summed E-state index contributed by atoms with van der Waals surface area (Å²) in [5.74, 6) is 0.589. The molecule has 0 fully saturated rings. The zero-order valence-electron chi connectivity index (χ0n) is 5.93. The summed E-state index contributed by atoms with van der Waals surface area (Å²) in [6.07, 6.45) is 1.49. The number of hydrogen-bond donors (Lipinski definition) is 1. The largest absolute Gasteiger partial charge is 0.494 e. The molecular weight excluding hydrogens is 152 g/mol. The van der Waals surface area contributed by atoms with Gasteiger partial charge in [-0.25, -0.2) is 0 Å². The second kappa shape index (κ2) is 5.33. The van der Waals surface area contributed by atoms with Gasteiger partial charge in [-0.1, -0.05) is 18.2 Å². The van der Waals surface area contributed by atoms with Crippen molar-refractivity contribution in [2.24, 2.45) is 0 Å². The van der Waals surface area contributed by atoms with E-state index in [4.69, 9.17) is 21.4 Å². The third kappa shape index (κ3) is 3.54. The van der Waals surface area contributed by atoms with Crippen molar-refractivity contribution in [1.82, 2.24) is 0 Å². The summed E-state index contributed by atoms with van der Waals surface area (Å²) >= 11 is 5.61. The molecule has 0 spiro atoms. The van der Waals surface area contributed by atoms with E-state index in [2.05, 4.69) is 6.58 Å². The summed E-state index contributed by atoms with van der Waals surface area (Å²) in [5.41, 5.74) is 0. The molecule has 58 valence electrons. The average Bonchev–Trinajstić information content (AvgIpc) is 1.98. The number of hydrogen-bond acceptors (Lipinski definition) is 2. The predicted octanol–water partition coefficient (Wildman–Crippen LogP) is 1.65. The second-order valence-electron chi connectivity index (χ2n) is 1.68. The fourth-order valence-corrected chi connectivity index (χ4v) is 0.466. The minimum Gasteiger partial charge on any atom is -0.494 e. The number of ether oxygens (including phenoxy) is 1.